The van der Waals surface area contributed by atoms with E-state index in [4.69, 9.17) is 16.3 Å². The molecule has 4 nitrogen and oxygen atoms in total. The molecule has 0 atom stereocenters. The molecule has 1 aromatic heterocycles. The van der Waals surface area contributed by atoms with E-state index < -0.39 is 0 Å². The highest BCUT2D eigenvalue weighted by Crippen LogP contribution is 2.33. The number of ether oxygens (including phenoxy) is 1. The van der Waals surface area contributed by atoms with E-state index in [1.165, 1.54) is 0 Å². The summed E-state index contributed by atoms with van der Waals surface area (Å²) in [6.07, 6.45) is 4.38. The van der Waals surface area contributed by atoms with Crippen molar-refractivity contribution in [2.75, 3.05) is 11.9 Å². The molecule has 1 amide bonds. The van der Waals surface area contributed by atoms with Gasteiger partial charge >= 0.3 is 0 Å². The molecule has 1 aliphatic carbocycles. The van der Waals surface area contributed by atoms with Crippen molar-refractivity contribution in [1.82, 2.24) is 4.98 Å². The topological polar surface area (TPSA) is 51.2 Å². The van der Waals surface area contributed by atoms with E-state index in [9.17, 15) is 4.79 Å². The van der Waals surface area contributed by atoms with Crippen molar-refractivity contribution in [2.45, 2.75) is 32.3 Å². The van der Waals surface area contributed by atoms with Gasteiger partial charge in [0.1, 0.15) is 5.15 Å². The molecule has 0 unspecified atom stereocenters. The number of pyridine rings is 1. The van der Waals surface area contributed by atoms with Gasteiger partial charge in [0.05, 0.1) is 22.5 Å². The van der Waals surface area contributed by atoms with Crippen molar-refractivity contribution >= 4 is 39.1 Å². The van der Waals surface area contributed by atoms with Gasteiger partial charge in [-0.05, 0) is 47.7 Å². The van der Waals surface area contributed by atoms with Crippen LogP contribution in [0.4, 0.5) is 5.69 Å². The number of carbonyl (C=O) groups excluding carboxylic acids is 1. The average molecular weight is 348 g/mol. The SMILES string of the molecule is CCOC1CC(CC(=O)Nc2cnc(Cl)c(Br)c2)C1. The number of anilines is 1. The molecule has 0 bridgehead atoms. The van der Waals surface area contributed by atoms with E-state index in [0.717, 1.165) is 19.4 Å². The smallest absolute Gasteiger partial charge is 0.224 e. The summed E-state index contributed by atoms with van der Waals surface area (Å²) in [7, 11) is 0. The Kier molecular flexibility index (Phi) is 5.19. The van der Waals surface area contributed by atoms with E-state index in [1.807, 2.05) is 6.92 Å². The van der Waals surface area contributed by atoms with Crippen LogP contribution in [0.25, 0.3) is 0 Å². The first-order chi connectivity index (χ1) is 9.08. The van der Waals surface area contributed by atoms with Gasteiger partial charge in [0.25, 0.3) is 0 Å². The number of aromatic nitrogens is 1. The van der Waals surface area contributed by atoms with Crippen LogP contribution in [0.15, 0.2) is 16.7 Å². The molecule has 1 fully saturated rings. The van der Waals surface area contributed by atoms with Gasteiger partial charge in [0.2, 0.25) is 5.91 Å². The van der Waals surface area contributed by atoms with E-state index in [-0.39, 0.29) is 5.91 Å². The fraction of sp³-hybridized carbons (Fsp3) is 0.538. The fourth-order valence-electron chi connectivity index (χ4n) is 2.18. The quantitative estimate of drug-likeness (QED) is 0.827. The Balaban J connectivity index is 1.77. The molecule has 0 radical (unpaired) electrons. The maximum atomic E-state index is 11.8. The second-order valence-electron chi connectivity index (χ2n) is 4.66. The van der Waals surface area contributed by atoms with Crippen molar-refractivity contribution in [3.8, 4) is 0 Å². The molecule has 6 heteroatoms. The zero-order valence-corrected chi connectivity index (χ0v) is 13.0. The van der Waals surface area contributed by atoms with E-state index in [1.54, 1.807) is 12.3 Å². The first kappa shape index (κ1) is 14.8. The van der Waals surface area contributed by atoms with Gasteiger partial charge < -0.3 is 10.1 Å². The van der Waals surface area contributed by atoms with Gasteiger partial charge in [-0.1, -0.05) is 11.6 Å². The van der Waals surface area contributed by atoms with Crippen LogP contribution in [-0.2, 0) is 9.53 Å². The fourth-order valence-corrected chi connectivity index (χ4v) is 2.63. The van der Waals surface area contributed by atoms with Gasteiger partial charge in [-0.15, -0.1) is 0 Å². The third kappa shape index (κ3) is 4.16. The van der Waals surface area contributed by atoms with Crippen LogP contribution in [-0.4, -0.2) is 23.6 Å². The molecule has 2 rings (SSSR count). The molecule has 0 aliphatic heterocycles. The lowest BCUT2D eigenvalue weighted by atomic mass is 9.80. The number of nitrogens with zero attached hydrogens (tertiary/aromatic N) is 1. The van der Waals surface area contributed by atoms with Crippen LogP contribution in [0.1, 0.15) is 26.2 Å². The van der Waals surface area contributed by atoms with Crippen molar-refractivity contribution in [3.63, 3.8) is 0 Å². The molecular formula is C13H16BrClN2O2. The first-order valence-corrected chi connectivity index (χ1v) is 7.48. The van der Waals surface area contributed by atoms with Crippen molar-refractivity contribution in [3.05, 3.63) is 21.9 Å². The number of hydrogen-bond donors (Lipinski definition) is 1. The molecule has 1 saturated carbocycles. The monoisotopic (exact) mass is 346 g/mol. The Morgan fingerprint density at radius 3 is 3.00 bits per heavy atom. The lowest BCUT2D eigenvalue weighted by Crippen LogP contribution is -2.33. The Labute approximate surface area is 126 Å². The first-order valence-electron chi connectivity index (χ1n) is 6.31. The molecule has 0 spiro atoms. The van der Waals surface area contributed by atoms with Crippen LogP contribution >= 0.6 is 27.5 Å². The minimum absolute atomic E-state index is 0.0102. The Morgan fingerprint density at radius 2 is 2.37 bits per heavy atom. The molecule has 19 heavy (non-hydrogen) atoms. The minimum Gasteiger partial charge on any atom is -0.378 e. The molecular weight excluding hydrogens is 332 g/mol. The summed E-state index contributed by atoms with van der Waals surface area (Å²) in [5.74, 6) is 0.441. The zero-order valence-electron chi connectivity index (χ0n) is 10.7. The molecule has 0 saturated heterocycles. The lowest BCUT2D eigenvalue weighted by molar-refractivity contribution is -0.119. The summed E-state index contributed by atoms with van der Waals surface area (Å²) >= 11 is 9.07. The standard InChI is InChI=1S/C13H16BrClN2O2/c1-2-19-10-3-8(4-10)5-12(18)17-9-6-11(14)13(15)16-7-9/h6-8,10H,2-5H2,1H3,(H,17,18). The summed E-state index contributed by atoms with van der Waals surface area (Å²) in [5.41, 5.74) is 0.655. The molecule has 1 aromatic rings. The van der Waals surface area contributed by atoms with Crippen LogP contribution in [0.2, 0.25) is 5.15 Å². The van der Waals surface area contributed by atoms with Gasteiger partial charge in [0.15, 0.2) is 0 Å². The van der Waals surface area contributed by atoms with Gasteiger partial charge in [-0.3, -0.25) is 4.79 Å². The van der Waals surface area contributed by atoms with Crippen LogP contribution < -0.4 is 5.32 Å². The molecule has 1 heterocycles. The largest absolute Gasteiger partial charge is 0.378 e. The number of halogens is 2. The van der Waals surface area contributed by atoms with E-state index in [2.05, 4.69) is 26.2 Å². The Hall–Kier alpha value is -0.650. The summed E-state index contributed by atoms with van der Waals surface area (Å²) in [6, 6.07) is 1.75. The van der Waals surface area contributed by atoms with Crippen molar-refractivity contribution in [1.29, 1.82) is 0 Å². The Morgan fingerprint density at radius 1 is 1.63 bits per heavy atom. The van der Waals surface area contributed by atoms with Gasteiger partial charge in [-0.25, -0.2) is 4.98 Å². The molecule has 1 N–H and O–H groups in total. The van der Waals surface area contributed by atoms with Crippen LogP contribution in [0.3, 0.4) is 0 Å². The lowest BCUT2D eigenvalue weighted by Gasteiger charge is -2.34. The molecule has 1 aliphatic rings. The summed E-state index contributed by atoms with van der Waals surface area (Å²) < 4.78 is 6.15. The number of nitrogens with one attached hydrogen (secondary N) is 1. The average Bonchev–Trinajstić information content (AvgIpc) is 2.31. The number of amides is 1. The predicted molar refractivity (Wildman–Crippen MR) is 78.3 cm³/mol. The highest BCUT2D eigenvalue weighted by Gasteiger charge is 2.31. The number of hydrogen-bond acceptors (Lipinski definition) is 3. The third-order valence-electron chi connectivity index (χ3n) is 3.15. The van der Waals surface area contributed by atoms with Gasteiger partial charge in [-0.2, -0.15) is 0 Å². The van der Waals surface area contributed by atoms with Crippen molar-refractivity contribution < 1.29 is 9.53 Å². The highest BCUT2D eigenvalue weighted by molar-refractivity contribution is 9.10. The minimum atomic E-state index is 0.0102. The van der Waals surface area contributed by atoms with Crippen LogP contribution in [0, 0.1) is 5.92 Å². The van der Waals surface area contributed by atoms with E-state index in [0.29, 0.717) is 33.8 Å². The third-order valence-corrected chi connectivity index (χ3v) is 4.28. The number of carbonyl (C=O) groups is 1. The zero-order chi connectivity index (χ0) is 13.8. The molecule has 0 aromatic carbocycles. The summed E-state index contributed by atoms with van der Waals surface area (Å²) in [4.78, 5) is 15.8. The highest BCUT2D eigenvalue weighted by atomic mass is 79.9. The second-order valence-corrected chi connectivity index (χ2v) is 5.88. The van der Waals surface area contributed by atoms with Crippen LogP contribution in [0.5, 0.6) is 0 Å². The van der Waals surface area contributed by atoms with E-state index >= 15 is 0 Å². The summed E-state index contributed by atoms with van der Waals surface area (Å²) in [5, 5.41) is 3.21. The maximum Gasteiger partial charge on any atom is 0.224 e. The maximum absolute atomic E-state index is 11.8. The normalized spacial score (nSPS) is 21.8. The van der Waals surface area contributed by atoms with Gasteiger partial charge in [0, 0.05) is 13.0 Å². The Bertz CT molecular complexity index is 464. The molecule has 104 valence electrons. The second kappa shape index (κ2) is 6.68. The number of rotatable bonds is 5. The predicted octanol–water partition coefficient (Wildman–Crippen LogP) is 3.64. The summed E-state index contributed by atoms with van der Waals surface area (Å²) in [6.45, 7) is 2.74. The van der Waals surface area contributed by atoms with Crippen molar-refractivity contribution in [2.24, 2.45) is 5.92 Å².